The maximum Gasteiger partial charge on any atom is 0.118 e. The Bertz CT molecular complexity index is 842. The van der Waals surface area contributed by atoms with Crippen LogP contribution in [0.1, 0.15) is 34.6 Å². The summed E-state index contributed by atoms with van der Waals surface area (Å²) in [4.78, 5) is 0. The molecule has 0 aliphatic heterocycles. The van der Waals surface area contributed by atoms with Gasteiger partial charge in [-0.15, -0.1) is 0 Å². The molecule has 0 radical (unpaired) electrons. The van der Waals surface area contributed by atoms with Crippen LogP contribution in [0, 0.1) is 6.92 Å². The Morgan fingerprint density at radius 1 is 1.09 bits per heavy atom. The topological polar surface area (TPSA) is 14.2 Å². The smallest absolute Gasteiger partial charge is 0.118 e. The fourth-order valence-electron chi connectivity index (χ4n) is 3.96. The lowest BCUT2D eigenvalue weighted by Gasteiger charge is -2.23. The number of hydrogen-bond acceptors (Lipinski definition) is 1. The average Bonchev–Trinajstić information content (AvgIpc) is 2.90. The molecule has 0 saturated carbocycles. The van der Waals surface area contributed by atoms with Gasteiger partial charge in [-0.1, -0.05) is 24.3 Å². The number of nitrogens with zero attached hydrogens (tertiary/aromatic N) is 1. The largest absolute Gasteiger partial charge is 0.497 e. The number of aromatic nitrogens is 1. The van der Waals surface area contributed by atoms with Crippen LogP contribution >= 0.6 is 0 Å². The Kier molecular flexibility index (Phi) is 3.00. The van der Waals surface area contributed by atoms with Crippen LogP contribution < -0.4 is 4.74 Å². The van der Waals surface area contributed by atoms with E-state index in [4.69, 9.17) is 4.74 Å². The molecule has 1 atom stereocenters. The van der Waals surface area contributed by atoms with Gasteiger partial charge in [0.05, 0.1) is 12.6 Å². The van der Waals surface area contributed by atoms with Crippen molar-refractivity contribution >= 4 is 10.9 Å². The van der Waals surface area contributed by atoms with Crippen LogP contribution in [0.5, 0.6) is 5.75 Å². The van der Waals surface area contributed by atoms with Gasteiger partial charge in [0.2, 0.25) is 0 Å². The summed E-state index contributed by atoms with van der Waals surface area (Å²) >= 11 is 0. The van der Waals surface area contributed by atoms with E-state index in [9.17, 15) is 0 Å². The molecule has 2 aromatic carbocycles. The Labute approximate surface area is 131 Å². The molecule has 2 nitrogen and oxygen atoms in total. The highest BCUT2D eigenvalue weighted by molar-refractivity contribution is 5.91. The molecule has 3 aromatic rings. The SMILES string of the molecule is COc1ccc(C2CCc3ccc(C)c4c3c2cn4C)cc1. The van der Waals surface area contributed by atoms with Crippen molar-refractivity contribution in [2.24, 2.45) is 7.05 Å². The highest BCUT2D eigenvalue weighted by Gasteiger charge is 2.25. The summed E-state index contributed by atoms with van der Waals surface area (Å²) < 4.78 is 7.58. The first-order valence-corrected chi connectivity index (χ1v) is 7.90. The van der Waals surface area contributed by atoms with E-state index in [2.05, 4.69) is 61.1 Å². The Morgan fingerprint density at radius 2 is 1.86 bits per heavy atom. The van der Waals surface area contributed by atoms with E-state index in [1.165, 1.54) is 39.6 Å². The maximum atomic E-state index is 5.29. The molecule has 0 spiro atoms. The zero-order valence-corrected chi connectivity index (χ0v) is 13.4. The lowest BCUT2D eigenvalue weighted by molar-refractivity contribution is 0.414. The molecule has 1 aliphatic rings. The molecule has 2 heteroatoms. The fourth-order valence-corrected chi connectivity index (χ4v) is 3.96. The number of ether oxygens (including phenoxy) is 1. The Morgan fingerprint density at radius 3 is 2.59 bits per heavy atom. The molecule has 22 heavy (non-hydrogen) atoms. The monoisotopic (exact) mass is 291 g/mol. The lowest BCUT2D eigenvalue weighted by atomic mass is 9.80. The van der Waals surface area contributed by atoms with Crippen molar-refractivity contribution in [1.29, 1.82) is 0 Å². The fraction of sp³-hybridized carbons (Fsp3) is 0.300. The van der Waals surface area contributed by atoms with Crippen LogP contribution in [0.2, 0.25) is 0 Å². The summed E-state index contributed by atoms with van der Waals surface area (Å²) in [7, 11) is 3.88. The first kappa shape index (κ1) is 13.4. The Hall–Kier alpha value is -2.22. The molecule has 0 amide bonds. The minimum atomic E-state index is 0.490. The third-order valence-electron chi connectivity index (χ3n) is 5.04. The summed E-state index contributed by atoms with van der Waals surface area (Å²) in [5, 5.41) is 1.48. The van der Waals surface area contributed by atoms with Gasteiger partial charge in [-0.3, -0.25) is 0 Å². The molecule has 4 rings (SSSR count). The van der Waals surface area contributed by atoms with Crippen LogP contribution in [-0.4, -0.2) is 11.7 Å². The van der Waals surface area contributed by atoms with Crippen LogP contribution in [0.15, 0.2) is 42.6 Å². The van der Waals surface area contributed by atoms with Crippen molar-refractivity contribution in [3.63, 3.8) is 0 Å². The van der Waals surface area contributed by atoms with Crippen molar-refractivity contribution in [2.45, 2.75) is 25.7 Å². The van der Waals surface area contributed by atoms with Crippen LogP contribution in [0.25, 0.3) is 10.9 Å². The second kappa shape index (κ2) is 4.91. The van der Waals surface area contributed by atoms with Gasteiger partial charge in [0, 0.05) is 24.5 Å². The van der Waals surface area contributed by atoms with Gasteiger partial charge in [0.1, 0.15) is 5.75 Å². The minimum absolute atomic E-state index is 0.490. The van der Waals surface area contributed by atoms with Gasteiger partial charge in [0.25, 0.3) is 0 Å². The van der Waals surface area contributed by atoms with Crippen molar-refractivity contribution in [2.75, 3.05) is 7.11 Å². The predicted octanol–water partition coefficient (Wildman–Crippen LogP) is 4.57. The van der Waals surface area contributed by atoms with E-state index < -0.39 is 0 Å². The summed E-state index contributed by atoms with van der Waals surface area (Å²) in [6.07, 6.45) is 4.67. The van der Waals surface area contributed by atoms with Crippen LogP contribution in [0.4, 0.5) is 0 Å². The number of rotatable bonds is 2. The molecule has 112 valence electrons. The first-order chi connectivity index (χ1) is 10.7. The zero-order valence-electron chi connectivity index (χ0n) is 13.4. The molecule has 1 heterocycles. The predicted molar refractivity (Wildman–Crippen MR) is 90.8 cm³/mol. The van der Waals surface area contributed by atoms with E-state index in [1.807, 2.05) is 0 Å². The van der Waals surface area contributed by atoms with Crippen molar-refractivity contribution in [3.8, 4) is 5.75 Å². The normalized spacial score (nSPS) is 17.0. The second-order valence-electron chi connectivity index (χ2n) is 6.32. The van der Waals surface area contributed by atoms with E-state index in [1.54, 1.807) is 7.11 Å². The van der Waals surface area contributed by atoms with E-state index in [0.29, 0.717) is 5.92 Å². The summed E-state index contributed by atoms with van der Waals surface area (Å²) in [5.74, 6) is 1.41. The zero-order chi connectivity index (χ0) is 15.3. The van der Waals surface area contributed by atoms with Crippen LogP contribution in [0.3, 0.4) is 0 Å². The molecule has 0 N–H and O–H groups in total. The third-order valence-corrected chi connectivity index (χ3v) is 5.04. The molecule has 1 aromatic heterocycles. The van der Waals surface area contributed by atoms with E-state index in [-0.39, 0.29) is 0 Å². The quantitative estimate of drug-likeness (QED) is 0.674. The van der Waals surface area contributed by atoms with Gasteiger partial charge >= 0.3 is 0 Å². The molecular formula is C20H21NO. The van der Waals surface area contributed by atoms with Gasteiger partial charge in [-0.05, 0) is 54.2 Å². The lowest BCUT2D eigenvalue weighted by Crippen LogP contribution is -2.08. The average molecular weight is 291 g/mol. The van der Waals surface area contributed by atoms with Crippen molar-refractivity contribution < 1.29 is 4.74 Å². The summed E-state index contributed by atoms with van der Waals surface area (Å²) in [5.41, 5.74) is 7.13. The molecule has 0 saturated heterocycles. The minimum Gasteiger partial charge on any atom is -0.497 e. The highest BCUT2D eigenvalue weighted by Crippen LogP contribution is 2.42. The number of hydrogen-bond donors (Lipinski definition) is 0. The molecule has 0 fully saturated rings. The molecule has 1 unspecified atom stereocenters. The van der Waals surface area contributed by atoms with Gasteiger partial charge in [0.15, 0.2) is 0 Å². The highest BCUT2D eigenvalue weighted by atomic mass is 16.5. The third kappa shape index (κ3) is 1.87. The van der Waals surface area contributed by atoms with Crippen molar-refractivity contribution in [1.82, 2.24) is 4.57 Å². The van der Waals surface area contributed by atoms with E-state index in [0.717, 1.165) is 12.2 Å². The summed E-state index contributed by atoms with van der Waals surface area (Å²) in [6.45, 7) is 2.21. The Balaban J connectivity index is 1.89. The second-order valence-corrected chi connectivity index (χ2v) is 6.32. The van der Waals surface area contributed by atoms with Gasteiger partial charge < -0.3 is 9.30 Å². The standard InChI is InChI=1S/C20H21NO/c1-13-4-5-15-8-11-17(14-6-9-16(22-3)10-7-14)18-12-21(2)20(13)19(15)18/h4-7,9-10,12,17H,8,11H2,1-3H3. The number of benzene rings is 2. The molecular weight excluding hydrogens is 270 g/mol. The molecule has 1 aliphatic carbocycles. The first-order valence-electron chi connectivity index (χ1n) is 7.90. The molecule has 0 bridgehead atoms. The van der Waals surface area contributed by atoms with E-state index >= 15 is 0 Å². The number of methoxy groups -OCH3 is 1. The van der Waals surface area contributed by atoms with Gasteiger partial charge in [-0.2, -0.15) is 0 Å². The van der Waals surface area contributed by atoms with Crippen molar-refractivity contribution in [3.05, 3.63) is 64.8 Å². The maximum absolute atomic E-state index is 5.29. The summed E-state index contributed by atoms with van der Waals surface area (Å²) in [6, 6.07) is 13.1. The number of aryl methyl sites for hydroxylation is 3. The van der Waals surface area contributed by atoms with Crippen LogP contribution in [-0.2, 0) is 13.5 Å². The van der Waals surface area contributed by atoms with Gasteiger partial charge in [-0.25, -0.2) is 0 Å².